The van der Waals surface area contributed by atoms with Crippen LogP contribution in [-0.2, 0) is 19.8 Å². The Morgan fingerprint density at radius 2 is 1.89 bits per heavy atom. The summed E-state index contributed by atoms with van der Waals surface area (Å²) in [6, 6.07) is 8.37. The molecule has 9 heteroatoms. The number of aromatic nitrogens is 5. The largest absolute Gasteiger partial charge is 0.416 e. The molecular weight excluding hydrogens is 371 g/mol. The van der Waals surface area contributed by atoms with Crippen molar-refractivity contribution in [1.82, 2.24) is 24.1 Å². The maximum Gasteiger partial charge on any atom is 0.416 e. The number of aryl methyl sites for hydroxylation is 1. The SMILES string of the molecule is Cn1c(=O)n(Cc2ccncn2)c2cc(-c3cccc(C(F)(F)F)c3)cnc21. The van der Waals surface area contributed by atoms with Crippen molar-refractivity contribution in [1.29, 1.82) is 0 Å². The van der Waals surface area contributed by atoms with E-state index in [-0.39, 0.29) is 12.2 Å². The second-order valence-electron chi connectivity index (χ2n) is 6.27. The van der Waals surface area contributed by atoms with Crippen molar-refractivity contribution in [3.8, 4) is 11.1 Å². The van der Waals surface area contributed by atoms with E-state index in [4.69, 9.17) is 0 Å². The minimum absolute atomic E-state index is 0.201. The van der Waals surface area contributed by atoms with Crippen LogP contribution >= 0.6 is 0 Å². The third kappa shape index (κ3) is 3.15. The van der Waals surface area contributed by atoms with Gasteiger partial charge in [0.05, 0.1) is 23.3 Å². The summed E-state index contributed by atoms with van der Waals surface area (Å²) in [6.07, 6.45) is -0.00961. The van der Waals surface area contributed by atoms with Crippen LogP contribution in [0.15, 0.2) is 59.9 Å². The molecule has 0 amide bonds. The second-order valence-corrected chi connectivity index (χ2v) is 6.27. The lowest BCUT2D eigenvalue weighted by atomic mass is 10.0. The van der Waals surface area contributed by atoms with Gasteiger partial charge in [-0.15, -0.1) is 0 Å². The Balaban J connectivity index is 1.85. The van der Waals surface area contributed by atoms with Crippen molar-refractivity contribution in [2.24, 2.45) is 7.05 Å². The standard InChI is InChI=1S/C19H14F3N5O/c1-26-17-16(27(18(26)28)10-15-5-6-23-11-25-15)8-13(9-24-17)12-3-2-4-14(7-12)19(20,21)22/h2-9,11H,10H2,1H3. The lowest BCUT2D eigenvalue weighted by Gasteiger charge is -2.09. The van der Waals surface area contributed by atoms with E-state index in [0.29, 0.717) is 28.0 Å². The highest BCUT2D eigenvalue weighted by atomic mass is 19.4. The molecule has 0 N–H and O–H groups in total. The van der Waals surface area contributed by atoms with Crippen LogP contribution in [0.4, 0.5) is 13.2 Å². The molecule has 0 saturated carbocycles. The first kappa shape index (κ1) is 17.9. The number of imidazole rings is 1. The van der Waals surface area contributed by atoms with Gasteiger partial charge in [-0.05, 0) is 29.8 Å². The summed E-state index contributed by atoms with van der Waals surface area (Å²) < 4.78 is 42.0. The number of hydrogen-bond donors (Lipinski definition) is 0. The molecule has 0 aliphatic carbocycles. The zero-order chi connectivity index (χ0) is 19.9. The minimum atomic E-state index is -4.44. The van der Waals surface area contributed by atoms with Crippen molar-refractivity contribution in [2.45, 2.75) is 12.7 Å². The lowest BCUT2D eigenvalue weighted by Crippen LogP contribution is -2.23. The summed E-state index contributed by atoms with van der Waals surface area (Å²) >= 11 is 0. The van der Waals surface area contributed by atoms with Gasteiger partial charge in [0.15, 0.2) is 5.65 Å². The smallest absolute Gasteiger partial charge is 0.284 e. The molecule has 0 aliphatic heterocycles. The topological polar surface area (TPSA) is 65.6 Å². The number of nitrogens with zero attached hydrogens (tertiary/aromatic N) is 5. The van der Waals surface area contributed by atoms with Crippen LogP contribution in [0.25, 0.3) is 22.3 Å². The molecule has 142 valence electrons. The number of rotatable bonds is 3. The molecule has 0 atom stereocenters. The van der Waals surface area contributed by atoms with Gasteiger partial charge in [-0.2, -0.15) is 13.2 Å². The fraction of sp³-hybridized carbons (Fsp3) is 0.158. The molecule has 3 aromatic heterocycles. The predicted molar refractivity (Wildman–Crippen MR) is 96.5 cm³/mol. The summed E-state index contributed by atoms with van der Waals surface area (Å²) in [4.78, 5) is 24.9. The van der Waals surface area contributed by atoms with Gasteiger partial charge >= 0.3 is 11.9 Å². The van der Waals surface area contributed by atoms with Gasteiger partial charge in [0, 0.05) is 25.0 Å². The molecule has 0 unspecified atom stereocenters. The monoisotopic (exact) mass is 385 g/mol. The van der Waals surface area contributed by atoms with E-state index in [9.17, 15) is 18.0 Å². The van der Waals surface area contributed by atoms with Gasteiger partial charge in [0.25, 0.3) is 0 Å². The van der Waals surface area contributed by atoms with Crippen molar-refractivity contribution in [2.75, 3.05) is 0 Å². The molecule has 4 rings (SSSR count). The first-order chi connectivity index (χ1) is 13.3. The Labute approximate surface area is 156 Å². The third-order valence-electron chi connectivity index (χ3n) is 4.46. The molecule has 0 radical (unpaired) electrons. The number of hydrogen-bond acceptors (Lipinski definition) is 4. The van der Waals surface area contributed by atoms with Gasteiger partial charge in [-0.1, -0.05) is 12.1 Å². The van der Waals surface area contributed by atoms with Gasteiger partial charge in [0.1, 0.15) is 6.33 Å². The molecule has 3 heterocycles. The number of pyridine rings is 1. The van der Waals surface area contributed by atoms with Gasteiger partial charge in [-0.25, -0.2) is 19.7 Å². The van der Waals surface area contributed by atoms with E-state index < -0.39 is 11.7 Å². The molecule has 0 spiro atoms. The third-order valence-corrected chi connectivity index (χ3v) is 4.46. The van der Waals surface area contributed by atoms with Gasteiger partial charge in [0.2, 0.25) is 0 Å². The predicted octanol–water partition coefficient (Wildman–Crippen LogP) is 3.26. The number of fused-ring (bicyclic) bond motifs is 1. The van der Waals surface area contributed by atoms with Crippen molar-refractivity contribution < 1.29 is 13.2 Å². The van der Waals surface area contributed by atoms with E-state index in [0.717, 1.165) is 12.1 Å². The van der Waals surface area contributed by atoms with Crippen molar-refractivity contribution >= 4 is 11.2 Å². The van der Waals surface area contributed by atoms with Crippen LogP contribution in [0, 0.1) is 0 Å². The second kappa shape index (κ2) is 6.59. The highest BCUT2D eigenvalue weighted by molar-refractivity contribution is 5.79. The molecule has 0 bridgehead atoms. The highest BCUT2D eigenvalue weighted by Crippen LogP contribution is 2.32. The Morgan fingerprint density at radius 3 is 2.61 bits per heavy atom. The van der Waals surface area contributed by atoms with Crippen LogP contribution in [0.2, 0.25) is 0 Å². The quantitative estimate of drug-likeness (QED) is 0.543. The van der Waals surface area contributed by atoms with Crippen molar-refractivity contribution in [3.05, 3.63) is 76.9 Å². The van der Waals surface area contributed by atoms with Crippen LogP contribution in [0.3, 0.4) is 0 Å². The summed E-state index contributed by atoms with van der Waals surface area (Å²) in [7, 11) is 1.60. The maximum atomic E-state index is 13.0. The highest BCUT2D eigenvalue weighted by Gasteiger charge is 2.30. The summed E-state index contributed by atoms with van der Waals surface area (Å²) in [5.41, 5.74) is 1.42. The summed E-state index contributed by atoms with van der Waals surface area (Å²) in [6.45, 7) is 0.201. The van der Waals surface area contributed by atoms with E-state index in [1.165, 1.54) is 27.7 Å². The lowest BCUT2D eigenvalue weighted by molar-refractivity contribution is -0.137. The zero-order valence-electron chi connectivity index (χ0n) is 14.7. The van der Waals surface area contributed by atoms with Gasteiger partial charge < -0.3 is 0 Å². The van der Waals surface area contributed by atoms with Crippen LogP contribution in [0.5, 0.6) is 0 Å². The molecule has 4 aromatic rings. The van der Waals surface area contributed by atoms with E-state index in [1.807, 2.05) is 0 Å². The molecule has 0 saturated heterocycles. The molecule has 0 fully saturated rings. The Morgan fingerprint density at radius 1 is 1.07 bits per heavy atom. The number of benzene rings is 1. The fourth-order valence-electron chi connectivity index (χ4n) is 3.04. The van der Waals surface area contributed by atoms with E-state index >= 15 is 0 Å². The fourth-order valence-corrected chi connectivity index (χ4v) is 3.04. The first-order valence-electron chi connectivity index (χ1n) is 8.32. The van der Waals surface area contributed by atoms with Crippen LogP contribution in [-0.4, -0.2) is 24.1 Å². The number of halogens is 3. The average molecular weight is 385 g/mol. The minimum Gasteiger partial charge on any atom is -0.284 e. The Kier molecular flexibility index (Phi) is 4.21. The van der Waals surface area contributed by atoms with Gasteiger partial charge in [-0.3, -0.25) is 9.13 Å². The molecule has 0 aliphatic rings. The van der Waals surface area contributed by atoms with Crippen LogP contribution in [0.1, 0.15) is 11.3 Å². The maximum absolute atomic E-state index is 13.0. The molecular formula is C19H14F3N5O. The summed E-state index contributed by atoms with van der Waals surface area (Å²) in [5.74, 6) is 0. The summed E-state index contributed by atoms with van der Waals surface area (Å²) in [5, 5.41) is 0. The van der Waals surface area contributed by atoms with Crippen molar-refractivity contribution in [3.63, 3.8) is 0 Å². The Bertz CT molecular complexity index is 1210. The normalized spacial score (nSPS) is 11.9. The zero-order valence-corrected chi connectivity index (χ0v) is 14.7. The average Bonchev–Trinajstić information content (AvgIpc) is 2.93. The van der Waals surface area contributed by atoms with E-state index in [2.05, 4.69) is 15.0 Å². The van der Waals surface area contributed by atoms with Crippen LogP contribution < -0.4 is 5.69 Å². The molecule has 6 nitrogen and oxygen atoms in total. The first-order valence-corrected chi connectivity index (χ1v) is 8.32. The van der Waals surface area contributed by atoms with E-state index in [1.54, 1.807) is 31.4 Å². The Hall–Kier alpha value is -3.49. The number of alkyl halides is 3. The molecule has 28 heavy (non-hydrogen) atoms. The molecule has 1 aromatic carbocycles.